The summed E-state index contributed by atoms with van der Waals surface area (Å²) in [6.07, 6.45) is 5.74. The number of nitrogens with zero attached hydrogens (tertiary/aromatic N) is 3. The number of anilines is 1. The molecule has 3 rings (SSSR count). The summed E-state index contributed by atoms with van der Waals surface area (Å²) in [5.41, 5.74) is -0.198. The first-order chi connectivity index (χ1) is 9.09. The van der Waals surface area contributed by atoms with Crippen LogP contribution in [0.4, 0.5) is 5.95 Å². The molecule has 2 saturated heterocycles. The van der Waals surface area contributed by atoms with Gasteiger partial charge in [0.2, 0.25) is 11.9 Å². The standard InChI is InChI=1S/C14H20N4O/c1-14(2)11(17-12(14)19)10-4-8-18(9-5-10)13-15-6-3-7-16-13/h3,6-7,10-11H,4-5,8-9H2,1-2H3,(H,17,19)/t11-/m0/s1. The second-order valence-corrected chi connectivity index (χ2v) is 6.05. The summed E-state index contributed by atoms with van der Waals surface area (Å²) in [6, 6.07) is 2.17. The Bertz CT molecular complexity index is 466. The summed E-state index contributed by atoms with van der Waals surface area (Å²) in [5, 5.41) is 3.07. The molecule has 0 radical (unpaired) electrons. The normalized spacial score (nSPS) is 26.7. The number of amides is 1. The molecule has 5 nitrogen and oxygen atoms in total. The van der Waals surface area contributed by atoms with E-state index in [0.29, 0.717) is 12.0 Å². The lowest BCUT2D eigenvalue weighted by molar-refractivity contribution is -0.145. The number of carbonyl (C=O) groups excluding carboxylic acids is 1. The molecule has 0 bridgehead atoms. The lowest BCUT2D eigenvalue weighted by atomic mass is 9.68. The van der Waals surface area contributed by atoms with Gasteiger partial charge in [-0.05, 0) is 38.7 Å². The summed E-state index contributed by atoms with van der Waals surface area (Å²) in [5.74, 6) is 1.58. The van der Waals surface area contributed by atoms with E-state index in [1.165, 1.54) is 0 Å². The van der Waals surface area contributed by atoms with Gasteiger partial charge < -0.3 is 10.2 Å². The predicted molar refractivity (Wildman–Crippen MR) is 72.7 cm³/mol. The van der Waals surface area contributed by atoms with Gasteiger partial charge in [0.05, 0.1) is 5.41 Å². The molecule has 0 aromatic carbocycles. The zero-order valence-electron chi connectivity index (χ0n) is 11.5. The Morgan fingerprint density at radius 1 is 1.26 bits per heavy atom. The van der Waals surface area contributed by atoms with Crippen LogP contribution in [0.2, 0.25) is 0 Å². The smallest absolute Gasteiger partial charge is 0.228 e. The van der Waals surface area contributed by atoms with E-state index in [9.17, 15) is 4.79 Å². The van der Waals surface area contributed by atoms with Gasteiger partial charge in [0.15, 0.2) is 0 Å². The van der Waals surface area contributed by atoms with Crippen LogP contribution in [-0.4, -0.2) is 35.0 Å². The average molecular weight is 260 g/mol. The largest absolute Gasteiger partial charge is 0.351 e. The molecule has 0 aliphatic carbocycles. The summed E-state index contributed by atoms with van der Waals surface area (Å²) < 4.78 is 0. The molecule has 2 aliphatic heterocycles. The third-order valence-corrected chi connectivity index (χ3v) is 4.50. The van der Waals surface area contributed by atoms with Gasteiger partial charge in [0.1, 0.15) is 0 Å². The first-order valence-electron chi connectivity index (χ1n) is 6.92. The lowest BCUT2D eigenvalue weighted by Crippen LogP contribution is -2.67. The van der Waals surface area contributed by atoms with Crippen molar-refractivity contribution in [2.45, 2.75) is 32.7 Å². The highest BCUT2D eigenvalue weighted by atomic mass is 16.2. The maximum Gasteiger partial charge on any atom is 0.228 e. The Kier molecular flexibility index (Phi) is 2.92. The number of aromatic nitrogens is 2. The number of β-lactam (4-membered cyclic amide) rings is 1. The van der Waals surface area contributed by atoms with E-state index in [-0.39, 0.29) is 11.3 Å². The second kappa shape index (κ2) is 4.47. The number of rotatable bonds is 2. The van der Waals surface area contributed by atoms with Gasteiger partial charge in [-0.2, -0.15) is 0 Å². The highest BCUT2D eigenvalue weighted by Gasteiger charge is 2.50. The van der Waals surface area contributed by atoms with Crippen molar-refractivity contribution < 1.29 is 4.79 Å². The van der Waals surface area contributed by atoms with Crippen LogP contribution in [-0.2, 0) is 4.79 Å². The molecular weight excluding hydrogens is 240 g/mol. The molecule has 0 spiro atoms. The van der Waals surface area contributed by atoms with E-state index < -0.39 is 0 Å². The molecule has 1 aromatic rings. The van der Waals surface area contributed by atoms with Crippen LogP contribution in [0, 0.1) is 11.3 Å². The molecular formula is C14H20N4O. The van der Waals surface area contributed by atoms with Gasteiger partial charge >= 0.3 is 0 Å². The lowest BCUT2D eigenvalue weighted by Gasteiger charge is -2.50. The quantitative estimate of drug-likeness (QED) is 0.812. The summed E-state index contributed by atoms with van der Waals surface area (Å²) in [4.78, 5) is 22.4. The van der Waals surface area contributed by atoms with Crippen molar-refractivity contribution in [3.63, 3.8) is 0 Å². The van der Waals surface area contributed by atoms with Crippen molar-refractivity contribution in [1.29, 1.82) is 0 Å². The average Bonchev–Trinajstić information content (AvgIpc) is 2.46. The first-order valence-corrected chi connectivity index (χ1v) is 6.92. The molecule has 19 heavy (non-hydrogen) atoms. The van der Waals surface area contributed by atoms with Crippen LogP contribution < -0.4 is 10.2 Å². The van der Waals surface area contributed by atoms with Gasteiger partial charge in [-0.25, -0.2) is 9.97 Å². The van der Waals surface area contributed by atoms with Crippen molar-refractivity contribution in [2.75, 3.05) is 18.0 Å². The summed E-state index contributed by atoms with van der Waals surface area (Å²) >= 11 is 0. The number of hydrogen-bond acceptors (Lipinski definition) is 4. The van der Waals surface area contributed by atoms with E-state index in [4.69, 9.17) is 0 Å². The molecule has 0 unspecified atom stereocenters. The molecule has 1 atom stereocenters. The number of carbonyl (C=O) groups is 1. The minimum atomic E-state index is -0.198. The van der Waals surface area contributed by atoms with Gasteiger partial charge in [0, 0.05) is 31.5 Å². The molecule has 1 aromatic heterocycles. The molecule has 2 aliphatic rings. The summed E-state index contributed by atoms with van der Waals surface area (Å²) in [7, 11) is 0. The number of piperidine rings is 1. The molecule has 2 fully saturated rings. The van der Waals surface area contributed by atoms with Crippen molar-refractivity contribution in [3.05, 3.63) is 18.5 Å². The van der Waals surface area contributed by atoms with Crippen LogP contribution >= 0.6 is 0 Å². The minimum Gasteiger partial charge on any atom is -0.351 e. The Balaban J connectivity index is 1.60. The SMILES string of the molecule is CC1(C)C(=O)N[C@H]1C1CCN(c2ncccn2)CC1. The fourth-order valence-corrected chi connectivity index (χ4v) is 3.17. The minimum absolute atomic E-state index is 0.186. The van der Waals surface area contributed by atoms with Crippen LogP contribution in [0.25, 0.3) is 0 Å². The maximum absolute atomic E-state index is 11.5. The highest BCUT2D eigenvalue weighted by molar-refractivity contribution is 5.89. The van der Waals surface area contributed by atoms with E-state index >= 15 is 0 Å². The zero-order chi connectivity index (χ0) is 13.5. The van der Waals surface area contributed by atoms with Crippen LogP contribution in [0.5, 0.6) is 0 Å². The van der Waals surface area contributed by atoms with Crippen molar-refractivity contribution in [2.24, 2.45) is 11.3 Å². The fraction of sp³-hybridized carbons (Fsp3) is 0.643. The van der Waals surface area contributed by atoms with E-state index in [2.05, 4.69) is 20.2 Å². The zero-order valence-corrected chi connectivity index (χ0v) is 11.5. The van der Waals surface area contributed by atoms with Gasteiger partial charge in [-0.1, -0.05) is 0 Å². The maximum atomic E-state index is 11.5. The Hall–Kier alpha value is -1.65. The van der Waals surface area contributed by atoms with Crippen LogP contribution in [0.1, 0.15) is 26.7 Å². The van der Waals surface area contributed by atoms with Gasteiger partial charge in [-0.15, -0.1) is 0 Å². The second-order valence-electron chi connectivity index (χ2n) is 6.05. The number of nitrogens with one attached hydrogen (secondary N) is 1. The Morgan fingerprint density at radius 3 is 2.42 bits per heavy atom. The Morgan fingerprint density at radius 2 is 1.89 bits per heavy atom. The molecule has 5 heteroatoms. The molecule has 0 saturated carbocycles. The Labute approximate surface area is 113 Å². The van der Waals surface area contributed by atoms with Crippen molar-refractivity contribution in [3.8, 4) is 0 Å². The van der Waals surface area contributed by atoms with Crippen LogP contribution in [0.15, 0.2) is 18.5 Å². The van der Waals surface area contributed by atoms with Gasteiger partial charge in [0.25, 0.3) is 0 Å². The van der Waals surface area contributed by atoms with E-state index in [1.807, 2.05) is 19.9 Å². The predicted octanol–water partition coefficient (Wildman–Crippen LogP) is 1.22. The third-order valence-electron chi connectivity index (χ3n) is 4.50. The summed E-state index contributed by atoms with van der Waals surface area (Å²) in [6.45, 7) is 6.03. The molecule has 3 heterocycles. The topological polar surface area (TPSA) is 58.1 Å². The molecule has 1 N–H and O–H groups in total. The van der Waals surface area contributed by atoms with Crippen LogP contribution in [0.3, 0.4) is 0 Å². The number of hydrogen-bond donors (Lipinski definition) is 1. The monoisotopic (exact) mass is 260 g/mol. The third kappa shape index (κ3) is 2.07. The van der Waals surface area contributed by atoms with Crippen molar-refractivity contribution in [1.82, 2.24) is 15.3 Å². The highest BCUT2D eigenvalue weighted by Crippen LogP contribution is 2.38. The first kappa shape index (κ1) is 12.4. The fourth-order valence-electron chi connectivity index (χ4n) is 3.17. The molecule has 102 valence electrons. The van der Waals surface area contributed by atoms with Crippen molar-refractivity contribution >= 4 is 11.9 Å². The van der Waals surface area contributed by atoms with E-state index in [0.717, 1.165) is 31.9 Å². The molecule has 1 amide bonds. The van der Waals surface area contributed by atoms with Gasteiger partial charge in [-0.3, -0.25) is 4.79 Å². The van der Waals surface area contributed by atoms with E-state index in [1.54, 1.807) is 12.4 Å².